The Bertz CT molecular complexity index is 749. The summed E-state index contributed by atoms with van der Waals surface area (Å²) in [6, 6.07) is 14.2. The third-order valence-electron chi connectivity index (χ3n) is 6.98. The highest BCUT2D eigenvalue weighted by atomic mass is 16.5. The van der Waals surface area contributed by atoms with Gasteiger partial charge in [0.1, 0.15) is 5.75 Å². The van der Waals surface area contributed by atoms with Crippen molar-refractivity contribution < 1.29 is 4.74 Å². The molecule has 2 unspecified atom stereocenters. The summed E-state index contributed by atoms with van der Waals surface area (Å²) in [7, 11) is 1.74. The Labute approximate surface area is 164 Å². The highest BCUT2D eigenvalue weighted by molar-refractivity contribution is 5.84. The molecule has 2 heteroatoms. The van der Waals surface area contributed by atoms with Crippen molar-refractivity contribution in [1.29, 1.82) is 0 Å². The Kier molecular flexibility index (Phi) is 6.02. The van der Waals surface area contributed by atoms with E-state index in [-0.39, 0.29) is 0 Å². The van der Waals surface area contributed by atoms with Crippen LogP contribution in [0.2, 0.25) is 0 Å². The summed E-state index contributed by atoms with van der Waals surface area (Å²) < 4.78 is 5.41. The standard InChI is InChI=1S/C25H35NO/c1-19(22-11-10-21-12-13-25(27-2)17-23(21)16-22)18-26-14-6-9-24(26)15-20-7-4-3-5-8-20/h10-13,16-17,19-20,24H,3-9,14-15,18H2,1-2H3. The highest BCUT2D eigenvalue weighted by Gasteiger charge is 2.28. The van der Waals surface area contributed by atoms with Crippen molar-refractivity contribution in [2.75, 3.05) is 20.2 Å². The smallest absolute Gasteiger partial charge is 0.119 e. The van der Waals surface area contributed by atoms with Crippen LogP contribution in [-0.4, -0.2) is 31.1 Å². The van der Waals surface area contributed by atoms with Gasteiger partial charge in [-0.3, -0.25) is 4.90 Å². The van der Waals surface area contributed by atoms with Crippen LogP contribution in [0.1, 0.15) is 69.8 Å². The van der Waals surface area contributed by atoms with Crippen molar-refractivity contribution in [3.63, 3.8) is 0 Å². The van der Waals surface area contributed by atoms with E-state index in [2.05, 4.69) is 42.2 Å². The predicted molar refractivity (Wildman–Crippen MR) is 115 cm³/mol. The van der Waals surface area contributed by atoms with E-state index in [9.17, 15) is 0 Å². The molecule has 0 aromatic heterocycles. The Balaban J connectivity index is 1.42. The zero-order chi connectivity index (χ0) is 18.6. The largest absolute Gasteiger partial charge is 0.497 e. The molecule has 0 spiro atoms. The van der Waals surface area contributed by atoms with Crippen LogP contribution in [0.4, 0.5) is 0 Å². The second kappa shape index (κ2) is 8.65. The van der Waals surface area contributed by atoms with Gasteiger partial charge in [0.25, 0.3) is 0 Å². The molecule has 2 aliphatic rings. The number of ether oxygens (including phenoxy) is 1. The van der Waals surface area contributed by atoms with Crippen molar-refractivity contribution in [3.8, 4) is 5.75 Å². The lowest BCUT2D eigenvalue weighted by molar-refractivity contribution is 0.192. The molecular weight excluding hydrogens is 330 g/mol. The van der Waals surface area contributed by atoms with E-state index in [0.717, 1.165) is 17.7 Å². The van der Waals surface area contributed by atoms with E-state index >= 15 is 0 Å². The van der Waals surface area contributed by atoms with Crippen LogP contribution in [-0.2, 0) is 0 Å². The Hall–Kier alpha value is -1.54. The number of hydrogen-bond donors (Lipinski definition) is 0. The quantitative estimate of drug-likeness (QED) is 0.588. The van der Waals surface area contributed by atoms with Crippen molar-refractivity contribution in [1.82, 2.24) is 4.90 Å². The molecule has 1 aliphatic heterocycles. The predicted octanol–water partition coefficient (Wildman–Crippen LogP) is 6.39. The van der Waals surface area contributed by atoms with Crippen LogP contribution in [0, 0.1) is 5.92 Å². The van der Waals surface area contributed by atoms with Gasteiger partial charge < -0.3 is 4.74 Å². The maximum Gasteiger partial charge on any atom is 0.119 e. The van der Waals surface area contributed by atoms with Gasteiger partial charge in [0.15, 0.2) is 0 Å². The first-order valence-electron chi connectivity index (χ1n) is 11.0. The molecule has 2 atom stereocenters. The minimum atomic E-state index is 0.576. The first-order chi connectivity index (χ1) is 13.2. The normalized spacial score (nSPS) is 23.0. The number of methoxy groups -OCH3 is 1. The number of nitrogens with zero attached hydrogens (tertiary/aromatic N) is 1. The average Bonchev–Trinajstić information content (AvgIpc) is 3.14. The first kappa shape index (κ1) is 18.8. The number of benzene rings is 2. The Morgan fingerprint density at radius 2 is 1.78 bits per heavy atom. The molecule has 1 aliphatic carbocycles. The van der Waals surface area contributed by atoms with Crippen LogP contribution in [0.5, 0.6) is 5.75 Å². The molecule has 1 heterocycles. The molecule has 2 nitrogen and oxygen atoms in total. The van der Waals surface area contributed by atoms with E-state index < -0.39 is 0 Å². The summed E-state index contributed by atoms with van der Waals surface area (Å²) >= 11 is 0. The second-order valence-corrected chi connectivity index (χ2v) is 8.90. The number of hydrogen-bond acceptors (Lipinski definition) is 2. The summed E-state index contributed by atoms with van der Waals surface area (Å²) in [5.41, 5.74) is 1.46. The molecule has 0 bridgehead atoms. The molecule has 1 saturated heterocycles. The average molecular weight is 366 g/mol. The maximum atomic E-state index is 5.41. The third kappa shape index (κ3) is 4.48. The molecule has 0 radical (unpaired) electrons. The van der Waals surface area contributed by atoms with Crippen LogP contribution in [0.15, 0.2) is 36.4 Å². The number of fused-ring (bicyclic) bond motifs is 1. The van der Waals surface area contributed by atoms with Crippen molar-refractivity contribution in [2.24, 2.45) is 5.92 Å². The van der Waals surface area contributed by atoms with Crippen molar-refractivity contribution in [2.45, 2.75) is 70.3 Å². The van der Waals surface area contributed by atoms with Gasteiger partial charge in [0.05, 0.1) is 7.11 Å². The Morgan fingerprint density at radius 3 is 2.59 bits per heavy atom. The van der Waals surface area contributed by atoms with Crippen LogP contribution < -0.4 is 4.74 Å². The van der Waals surface area contributed by atoms with Crippen molar-refractivity contribution in [3.05, 3.63) is 42.0 Å². The molecule has 0 amide bonds. The van der Waals surface area contributed by atoms with E-state index in [1.165, 1.54) is 80.8 Å². The minimum absolute atomic E-state index is 0.576. The third-order valence-corrected chi connectivity index (χ3v) is 6.98. The van der Waals surface area contributed by atoms with Gasteiger partial charge in [-0.25, -0.2) is 0 Å². The fourth-order valence-electron chi connectivity index (χ4n) is 5.34. The topological polar surface area (TPSA) is 12.5 Å². The maximum absolute atomic E-state index is 5.41. The molecule has 4 rings (SSSR count). The molecule has 2 aromatic rings. The van der Waals surface area contributed by atoms with Gasteiger partial charge in [-0.1, -0.05) is 63.3 Å². The molecule has 146 valence electrons. The molecule has 2 fully saturated rings. The molecule has 1 saturated carbocycles. The zero-order valence-corrected chi connectivity index (χ0v) is 17.1. The van der Waals surface area contributed by atoms with E-state index in [1.54, 1.807) is 7.11 Å². The number of likely N-dealkylation sites (tertiary alicyclic amines) is 1. The van der Waals surface area contributed by atoms with Gasteiger partial charge in [0, 0.05) is 12.6 Å². The lowest BCUT2D eigenvalue weighted by Crippen LogP contribution is -2.34. The SMILES string of the molecule is COc1ccc2ccc(C(C)CN3CCCC3CC3CCCCC3)cc2c1. The summed E-state index contributed by atoms with van der Waals surface area (Å²) in [5, 5.41) is 2.59. The van der Waals surface area contributed by atoms with Gasteiger partial charge >= 0.3 is 0 Å². The lowest BCUT2D eigenvalue weighted by atomic mass is 9.84. The van der Waals surface area contributed by atoms with Gasteiger partial charge in [-0.15, -0.1) is 0 Å². The van der Waals surface area contributed by atoms with Crippen molar-refractivity contribution >= 4 is 10.8 Å². The van der Waals surface area contributed by atoms with Crippen LogP contribution in [0.25, 0.3) is 10.8 Å². The molecule has 27 heavy (non-hydrogen) atoms. The lowest BCUT2D eigenvalue weighted by Gasteiger charge is -2.31. The second-order valence-electron chi connectivity index (χ2n) is 8.90. The summed E-state index contributed by atoms with van der Waals surface area (Å²) in [6.45, 7) is 4.90. The van der Waals surface area contributed by atoms with Gasteiger partial charge in [-0.2, -0.15) is 0 Å². The highest BCUT2D eigenvalue weighted by Crippen LogP contribution is 2.33. The zero-order valence-electron chi connectivity index (χ0n) is 17.1. The van der Waals surface area contributed by atoms with E-state index in [4.69, 9.17) is 4.74 Å². The fourth-order valence-corrected chi connectivity index (χ4v) is 5.34. The molecule has 2 aromatic carbocycles. The van der Waals surface area contributed by atoms with Gasteiger partial charge in [-0.05, 0) is 66.1 Å². The summed E-state index contributed by atoms with van der Waals surface area (Å²) in [6.07, 6.45) is 11.6. The van der Waals surface area contributed by atoms with E-state index in [1.807, 2.05) is 6.07 Å². The summed E-state index contributed by atoms with van der Waals surface area (Å²) in [4.78, 5) is 2.80. The number of rotatable bonds is 6. The summed E-state index contributed by atoms with van der Waals surface area (Å²) in [5.74, 6) is 2.51. The molecule has 0 N–H and O–H groups in total. The van der Waals surface area contributed by atoms with Crippen LogP contribution >= 0.6 is 0 Å². The van der Waals surface area contributed by atoms with Gasteiger partial charge in [0.2, 0.25) is 0 Å². The van der Waals surface area contributed by atoms with Crippen LogP contribution in [0.3, 0.4) is 0 Å². The minimum Gasteiger partial charge on any atom is -0.497 e. The molecular formula is C25H35NO. The van der Waals surface area contributed by atoms with E-state index in [0.29, 0.717) is 5.92 Å². The monoisotopic (exact) mass is 365 g/mol. The first-order valence-corrected chi connectivity index (χ1v) is 11.0. The fraction of sp³-hybridized carbons (Fsp3) is 0.600. The Morgan fingerprint density at radius 1 is 0.963 bits per heavy atom.